The number of rotatable bonds is 3. The van der Waals surface area contributed by atoms with E-state index in [0.717, 1.165) is 32.5 Å². The standard InChI is InChI=1S/C18H25NO/c1-18(2)10-8-16(17(18)20)13-19-11-9-15(12-19)14-6-4-3-5-7-14/h3-7,15-16H,8-13H2,1-2H3. The molecule has 1 aromatic carbocycles. The highest BCUT2D eigenvalue weighted by atomic mass is 16.1. The minimum atomic E-state index is -0.0801. The summed E-state index contributed by atoms with van der Waals surface area (Å²) in [5.41, 5.74) is 1.37. The van der Waals surface area contributed by atoms with E-state index in [1.807, 2.05) is 0 Å². The molecular weight excluding hydrogens is 246 g/mol. The van der Waals surface area contributed by atoms with Gasteiger partial charge in [0.15, 0.2) is 0 Å². The number of nitrogens with zero attached hydrogens (tertiary/aromatic N) is 1. The van der Waals surface area contributed by atoms with Crippen molar-refractivity contribution in [1.29, 1.82) is 0 Å². The van der Waals surface area contributed by atoms with Gasteiger partial charge in [-0.25, -0.2) is 0 Å². The van der Waals surface area contributed by atoms with Crippen LogP contribution in [0.3, 0.4) is 0 Å². The van der Waals surface area contributed by atoms with Gasteiger partial charge in [0.1, 0.15) is 5.78 Å². The fraction of sp³-hybridized carbons (Fsp3) is 0.611. The summed E-state index contributed by atoms with van der Waals surface area (Å²) in [5, 5.41) is 0. The van der Waals surface area contributed by atoms with Gasteiger partial charge in [-0.3, -0.25) is 4.79 Å². The molecule has 0 aromatic heterocycles. The normalized spacial score (nSPS) is 30.0. The maximum Gasteiger partial charge on any atom is 0.142 e. The number of carbonyl (C=O) groups excluding carboxylic acids is 1. The summed E-state index contributed by atoms with van der Waals surface area (Å²) in [7, 11) is 0. The zero-order valence-corrected chi connectivity index (χ0v) is 12.6. The van der Waals surface area contributed by atoms with Gasteiger partial charge < -0.3 is 4.90 Å². The van der Waals surface area contributed by atoms with Gasteiger partial charge in [0.2, 0.25) is 0 Å². The highest BCUT2D eigenvalue weighted by Crippen LogP contribution is 2.38. The van der Waals surface area contributed by atoms with E-state index in [-0.39, 0.29) is 11.3 Å². The van der Waals surface area contributed by atoms with E-state index in [4.69, 9.17) is 0 Å². The molecule has 20 heavy (non-hydrogen) atoms. The van der Waals surface area contributed by atoms with Gasteiger partial charge in [0.25, 0.3) is 0 Å². The van der Waals surface area contributed by atoms with Gasteiger partial charge in [0.05, 0.1) is 0 Å². The van der Waals surface area contributed by atoms with Gasteiger partial charge in [0, 0.05) is 24.4 Å². The monoisotopic (exact) mass is 271 g/mol. The molecule has 1 heterocycles. The van der Waals surface area contributed by atoms with Crippen LogP contribution in [0.5, 0.6) is 0 Å². The van der Waals surface area contributed by atoms with Crippen molar-refractivity contribution in [3.05, 3.63) is 35.9 Å². The summed E-state index contributed by atoms with van der Waals surface area (Å²) in [4.78, 5) is 14.8. The minimum absolute atomic E-state index is 0.0801. The number of benzene rings is 1. The number of carbonyl (C=O) groups is 1. The van der Waals surface area contributed by atoms with Gasteiger partial charge in [-0.05, 0) is 37.3 Å². The van der Waals surface area contributed by atoms with Crippen LogP contribution in [0.4, 0.5) is 0 Å². The van der Waals surface area contributed by atoms with Crippen LogP contribution in [0.2, 0.25) is 0 Å². The number of Topliss-reactive ketones (excluding diaryl/α,β-unsaturated/α-hetero) is 1. The number of likely N-dealkylation sites (tertiary alicyclic amines) is 1. The second kappa shape index (κ2) is 5.33. The molecule has 2 atom stereocenters. The summed E-state index contributed by atoms with van der Waals surface area (Å²) < 4.78 is 0. The molecule has 0 bridgehead atoms. The molecule has 2 heteroatoms. The SMILES string of the molecule is CC1(C)CCC(CN2CCC(c3ccccc3)C2)C1=O. The van der Waals surface area contributed by atoms with Crippen molar-refractivity contribution in [2.45, 2.75) is 39.0 Å². The quantitative estimate of drug-likeness (QED) is 0.839. The highest BCUT2D eigenvalue weighted by molar-refractivity contribution is 5.88. The van der Waals surface area contributed by atoms with Crippen LogP contribution < -0.4 is 0 Å². The second-order valence-electron chi connectivity index (χ2n) is 7.14. The Kier molecular flexibility index (Phi) is 3.68. The van der Waals surface area contributed by atoms with Crippen molar-refractivity contribution >= 4 is 5.78 Å². The van der Waals surface area contributed by atoms with Crippen molar-refractivity contribution < 1.29 is 4.79 Å². The van der Waals surface area contributed by atoms with Crippen molar-refractivity contribution in [1.82, 2.24) is 4.90 Å². The minimum Gasteiger partial charge on any atom is -0.302 e. The van der Waals surface area contributed by atoms with Gasteiger partial charge >= 0.3 is 0 Å². The second-order valence-corrected chi connectivity index (χ2v) is 7.14. The molecule has 1 aromatic rings. The summed E-state index contributed by atoms with van der Waals surface area (Å²) in [6, 6.07) is 10.8. The van der Waals surface area contributed by atoms with Crippen molar-refractivity contribution in [3.8, 4) is 0 Å². The first-order valence-electron chi connectivity index (χ1n) is 7.88. The maximum atomic E-state index is 12.3. The third kappa shape index (κ3) is 2.67. The summed E-state index contributed by atoms with van der Waals surface area (Å²) in [6.45, 7) is 7.45. The Morgan fingerprint density at radius 3 is 2.60 bits per heavy atom. The molecule has 2 fully saturated rings. The van der Waals surface area contributed by atoms with Crippen molar-refractivity contribution in [3.63, 3.8) is 0 Å². The largest absolute Gasteiger partial charge is 0.302 e. The Balaban J connectivity index is 1.58. The third-order valence-corrected chi connectivity index (χ3v) is 5.18. The highest BCUT2D eigenvalue weighted by Gasteiger charge is 2.41. The molecule has 1 aliphatic carbocycles. The molecule has 0 radical (unpaired) electrons. The van der Waals surface area contributed by atoms with E-state index in [9.17, 15) is 4.79 Å². The molecule has 1 saturated carbocycles. The summed E-state index contributed by atoms with van der Waals surface area (Å²) in [6.07, 6.45) is 3.37. The van der Waals surface area contributed by atoms with E-state index < -0.39 is 0 Å². The molecule has 108 valence electrons. The lowest BCUT2D eigenvalue weighted by Crippen LogP contribution is -2.32. The van der Waals surface area contributed by atoms with E-state index in [1.165, 1.54) is 12.0 Å². The van der Waals surface area contributed by atoms with E-state index in [0.29, 0.717) is 11.7 Å². The Labute approximate surface area is 122 Å². The first kappa shape index (κ1) is 13.8. The molecule has 1 saturated heterocycles. The number of ketones is 1. The molecule has 2 nitrogen and oxygen atoms in total. The smallest absolute Gasteiger partial charge is 0.142 e. The molecule has 3 rings (SSSR count). The Morgan fingerprint density at radius 2 is 1.95 bits per heavy atom. The van der Waals surface area contributed by atoms with E-state index in [1.54, 1.807) is 0 Å². The predicted octanol–water partition coefficient (Wildman–Crippen LogP) is 3.48. The van der Waals surface area contributed by atoms with Crippen molar-refractivity contribution in [2.24, 2.45) is 11.3 Å². The van der Waals surface area contributed by atoms with E-state index in [2.05, 4.69) is 49.1 Å². The van der Waals surface area contributed by atoms with Gasteiger partial charge in [-0.1, -0.05) is 44.2 Å². The lowest BCUT2D eigenvalue weighted by Gasteiger charge is -2.21. The predicted molar refractivity (Wildman–Crippen MR) is 81.8 cm³/mol. The summed E-state index contributed by atoms with van der Waals surface area (Å²) >= 11 is 0. The lowest BCUT2D eigenvalue weighted by atomic mass is 9.89. The van der Waals surface area contributed by atoms with Crippen LogP contribution in [-0.2, 0) is 4.79 Å². The third-order valence-electron chi connectivity index (χ3n) is 5.18. The van der Waals surface area contributed by atoms with Gasteiger partial charge in [-0.2, -0.15) is 0 Å². The van der Waals surface area contributed by atoms with Crippen molar-refractivity contribution in [2.75, 3.05) is 19.6 Å². The van der Waals surface area contributed by atoms with Crippen LogP contribution in [0.1, 0.15) is 44.6 Å². The Morgan fingerprint density at radius 1 is 1.20 bits per heavy atom. The molecule has 0 amide bonds. The Hall–Kier alpha value is -1.15. The van der Waals surface area contributed by atoms with Gasteiger partial charge in [-0.15, -0.1) is 0 Å². The van der Waals surface area contributed by atoms with E-state index >= 15 is 0 Å². The molecule has 0 N–H and O–H groups in total. The zero-order valence-electron chi connectivity index (χ0n) is 12.6. The number of hydrogen-bond donors (Lipinski definition) is 0. The van der Waals surface area contributed by atoms with Crippen LogP contribution in [-0.4, -0.2) is 30.3 Å². The Bertz CT molecular complexity index is 479. The molecular formula is C18H25NO. The summed E-state index contributed by atoms with van der Waals surface area (Å²) in [5.74, 6) is 1.42. The maximum absolute atomic E-state index is 12.3. The first-order chi connectivity index (χ1) is 9.56. The average Bonchev–Trinajstić information content (AvgIpc) is 3.01. The van der Waals surface area contributed by atoms with Crippen LogP contribution in [0, 0.1) is 11.3 Å². The lowest BCUT2D eigenvalue weighted by molar-refractivity contribution is -0.127. The fourth-order valence-corrected chi connectivity index (χ4v) is 3.82. The number of hydrogen-bond acceptors (Lipinski definition) is 2. The fourth-order valence-electron chi connectivity index (χ4n) is 3.82. The molecule has 0 spiro atoms. The average molecular weight is 271 g/mol. The van der Waals surface area contributed by atoms with Crippen LogP contribution >= 0.6 is 0 Å². The zero-order chi connectivity index (χ0) is 14.2. The molecule has 2 aliphatic rings. The van der Waals surface area contributed by atoms with Crippen LogP contribution in [0.25, 0.3) is 0 Å². The molecule has 2 unspecified atom stereocenters. The topological polar surface area (TPSA) is 20.3 Å². The first-order valence-corrected chi connectivity index (χ1v) is 7.88. The van der Waals surface area contributed by atoms with Crippen LogP contribution in [0.15, 0.2) is 30.3 Å². The molecule has 1 aliphatic heterocycles.